The number of aromatic nitrogens is 3. The number of methoxy groups -OCH3 is 2. The van der Waals surface area contributed by atoms with E-state index < -0.39 is 0 Å². The van der Waals surface area contributed by atoms with Crippen LogP contribution in [0.15, 0.2) is 29.3 Å². The van der Waals surface area contributed by atoms with Crippen LogP contribution in [-0.2, 0) is 24.3 Å². The summed E-state index contributed by atoms with van der Waals surface area (Å²) >= 11 is 0. The Bertz CT molecular complexity index is 839. The molecule has 0 aliphatic carbocycles. The van der Waals surface area contributed by atoms with Gasteiger partial charge in [-0.1, -0.05) is 12.1 Å². The first-order chi connectivity index (χ1) is 14.5. The highest BCUT2D eigenvalue weighted by atomic mass is 127. The number of nitrogens with one attached hydrogen (secondary N) is 2. The molecule has 2 N–H and O–H groups in total. The standard InChI is InChI=1S/C21H33N7O2.HI/c1-22-21(23-12-18(27(2)3)15-6-9-17(30-5)10-7-15)24-16-8-11-20-25-19(14-29-4)26-28(20)13-16;/h6-7,9-10,16,18H,8,11-14H2,1-5H3,(H2,22,23,24);1H. The molecule has 0 bridgehead atoms. The van der Waals surface area contributed by atoms with Crippen LogP contribution in [0.25, 0.3) is 0 Å². The number of hydrogen-bond donors (Lipinski definition) is 2. The van der Waals surface area contributed by atoms with Gasteiger partial charge in [0.2, 0.25) is 0 Å². The van der Waals surface area contributed by atoms with Gasteiger partial charge in [-0.05, 0) is 38.2 Å². The first-order valence-corrected chi connectivity index (χ1v) is 10.2. The van der Waals surface area contributed by atoms with Crippen LogP contribution in [0.5, 0.6) is 5.75 Å². The molecule has 2 unspecified atom stereocenters. The van der Waals surface area contributed by atoms with E-state index in [1.165, 1.54) is 5.56 Å². The number of fused-ring (bicyclic) bond motifs is 1. The minimum Gasteiger partial charge on any atom is -0.497 e. The Morgan fingerprint density at radius 3 is 2.65 bits per heavy atom. The van der Waals surface area contributed by atoms with Crippen LogP contribution in [0.3, 0.4) is 0 Å². The summed E-state index contributed by atoms with van der Waals surface area (Å²) in [5, 5.41) is 11.5. The predicted molar refractivity (Wildman–Crippen MR) is 132 cm³/mol. The Balaban J connectivity index is 0.00000341. The molecule has 0 spiro atoms. The van der Waals surface area contributed by atoms with Crippen molar-refractivity contribution in [2.45, 2.75) is 38.1 Å². The molecule has 10 heteroatoms. The molecule has 1 aliphatic rings. The molecule has 0 radical (unpaired) electrons. The summed E-state index contributed by atoms with van der Waals surface area (Å²) in [7, 11) is 9.30. The number of benzene rings is 1. The smallest absolute Gasteiger partial charge is 0.191 e. The van der Waals surface area contributed by atoms with Crippen LogP contribution in [-0.4, -0.2) is 73.6 Å². The summed E-state index contributed by atoms with van der Waals surface area (Å²) in [6.07, 6.45) is 1.87. The van der Waals surface area contributed by atoms with Crippen LogP contribution < -0.4 is 15.4 Å². The highest BCUT2D eigenvalue weighted by molar-refractivity contribution is 14.0. The largest absolute Gasteiger partial charge is 0.497 e. The molecular formula is C21H34IN7O2. The van der Waals surface area contributed by atoms with Crippen molar-refractivity contribution in [2.24, 2.45) is 4.99 Å². The number of halogens is 1. The van der Waals surface area contributed by atoms with E-state index in [0.717, 1.165) is 49.3 Å². The quantitative estimate of drug-likeness (QED) is 0.299. The highest BCUT2D eigenvalue weighted by Crippen LogP contribution is 2.21. The lowest BCUT2D eigenvalue weighted by Gasteiger charge is -2.28. The first kappa shape index (κ1) is 25.3. The van der Waals surface area contributed by atoms with Crippen LogP contribution in [0.1, 0.15) is 29.7 Å². The van der Waals surface area contributed by atoms with Gasteiger partial charge in [0.1, 0.15) is 18.2 Å². The van der Waals surface area contributed by atoms with Gasteiger partial charge in [-0.15, -0.1) is 24.0 Å². The molecule has 2 atom stereocenters. The second kappa shape index (κ2) is 12.2. The van der Waals surface area contributed by atoms with Crippen molar-refractivity contribution >= 4 is 29.9 Å². The van der Waals surface area contributed by atoms with Crippen molar-refractivity contribution < 1.29 is 9.47 Å². The van der Waals surface area contributed by atoms with Gasteiger partial charge >= 0.3 is 0 Å². The van der Waals surface area contributed by atoms with E-state index >= 15 is 0 Å². The summed E-state index contributed by atoms with van der Waals surface area (Å²) in [6, 6.07) is 8.65. The van der Waals surface area contributed by atoms with Gasteiger partial charge in [0.25, 0.3) is 0 Å². The Kier molecular flexibility index (Phi) is 9.97. The Morgan fingerprint density at radius 1 is 1.29 bits per heavy atom. The van der Waals surface area contributed by atoms with Gasteiger partial charge in [0, 0.05) is 33.2 Å². The summed E-state index contributed by atoms with van der Waals surface area (Å²) < 4.78 is 12.4. The van der Waals surface area contributed by atoms with Crippen molar-refractivity contribution in [3.8, 4) is 5.75 Å². The minimum absolute atomic E-state index is 0. The maximum Gasteiger partial charge on any atom is 0.191 e. The van der Waals surface area contributed by atoms with Gasteiger partial charge in [0.15, 0.2) is 11.8 Å². The fourth-order valence-corrected chi connectivity index (χ4v) is 3.67. The molecule has 0 saturated carbocycles. The van der Waals surface area contributed by atoms with Crippen molar-refractivity contribution in [1.29, 1.82) is 0 Å². The number of guanidine groups is 1. The summed E-state index contributed by atoms with van der Waals surface area (Å²) in [4.78, 5) is 11.1. The first-order valence-electron chi connectivity index (χ1n) is 10.2. The Hall–Kier alpha value is -1.92. The molecule has 0 saturated heterocycles. The van der Waals surface area contributed by atoms with E-state index in [-0.39, 0.29) is 36.1 Å². The fourth-order valence-electron chi connectivity index (χ4n) is 3.67. The number of aryl methyl sites for hydroxylation is 1. The van der Waals surface area contributed by atoms with Gasteiger partial charge < -0.3 is 25.0 Å². The molecule has 1 aromatic heterocycles. The van der Waals surface area contributed by atoms with E-state index in [0.29, 0.717) is 6.61 Å². The topological polar surface area (TPSA) is 88.8 Å². The number of hydrogen-bond acceptors (Lipinski definition) is 6. The van der Waals surface area contributed by atoms with Gasteiger partial charge in [-0.2, -0.15) is 5.10 Å². The SMILES string of the molecule is CN=C(NCC(c1ccc(OC)cc1)N(C)C)NC1CCc2nc(COC)nn2C1.I. The lowest BCUT2D eigenvalue weighted by atomic mass is 10.1. The van der Waals surface area contributed by atoms with E-state index in [4.69, 9.17) is 9.47 Å². The summed E-state index contributed by atoms with van der Waals surface area (Å²) in [5.41, 5.74) is 1.22. The van der Waals surface area contributed by atoms with Gasteiger partial charge in [-0.25, -0.2) is 9.67 Å². The average Bonchev–Trinajstić information content (AvgIpc) is 3.15. The zero-order chi connectivity index (χ0) is 21.5. The highest BCUT2D eigenvalue weighted by Gasteiger charge is 2.23. The monoisotopic (exact) mass is 543 g/mol. The van der Waals surface area contributed by atoms with Crippen molar-refractivity contribution in [3.63, 3.8) is 0 Å². The lowest BCUT2D eigenvalue weighted by molar-refractivity contribution is 0.177. The van der Waals surface area contributed by atoms with Crippen molar-refractivity contribution in [1.82, 2.24) is 30.3 Å². The number of ether oxygens (including phenoxy) is 2. The molecule has 0 amide bonds. The second-order valence-electron chi connectivity index (χ2n) is 7.65. The van der Waals surface area contributed by atoms with E-state index in [1.807, 2.05) is 16.8 Å². The third-order valence-electron chi connectivity index (χ3n) is 5.33. The molecule has 2 aromatic rings. The van der Waals surface area contributed by atoms with Crippen molar-refractivity contribution in [3.05, 3.63) is 41.5 Å². The lowest BCUT2D eigenvalue weighted by Crippen LogP contribution is -2.48. The Labute approximate surface area is 201 Å². The third-order valence-corrected chi connectivity index (χ3v) is 5.33. The maximum atomic E-state index is 5.27. The van der Waals surface area contributed by atoms with E-state index in [2.05, 4.69) is 56.8 Å². The van der Waals surface area contributed by atoms with Gasteiger partial charge in [-0.3, -0.25) is 4.99 Å². The average molecular weight is 543 g/mol. The van der Waals surface area contributed by atoms with Crippen LogP contribution in [0, 0.1) is 0 Å². The zero-order valence-corrected chi connectivity index (χ0v) is 21.3. The van der Waals surface area contributed by atoms with Crippen LogP contribution in [0.4, 0.5) is 0 Å². The third kappa shape index (κ3) is 6.78. The molecule has 0 fully saturated rings. The number of aliphatic imine (C=N–C) groups is 1. The molecule has 3 rings (SSSR count). The molecule has 31 heavy (non-hydrogen) atoms. The summed E-state index contributed by atoms with van der Waals surface area (Å²) in [5.74, 6) is 3.42. The summed E-state index contributed by atoms with van der Waals surface area (Å²) in [6.45, 7) is 1.94. The number of likely N-dealkylation sites (N-methyl/N-ethyl adjacent to an activating group) is 1. The van der Waals surface area contributed by atoms with Crippen LogP contribution >= 0.6 is 24.0 Å². The van der Waals surface area contributed by atoms with E-state index in [1.54, 1.807) is 21.3 Å². The maximum absolute atomic E-state index is 5.27. The zero-order valence-electron chi connectivity index (χ0n) is 19.0. The van der Waals surface area contributed by atoms with Gasteiger partial charge in [0.05, 0.1) is 19.7 Å². The number of nitrogens with zero attached hydrogens (tertiary/aromatic N) is 5. The number of rotatable bonds is 8. The minimum atomic E-state index is 0. The molecule has 9 nitrogen and oxygen atoms in total. The molecule has 1 aliphatic heterocycles. The fraction of sp³-hybridized carbons (Fsp3) is 0.571. The van der Waals surface area contributed by atoms with E-state index in [9.17, 15) is 0 Å². The molecule has 2 heterocycles. The van der Waals surface area contributed by atoms with Crippen molar-refractivity contribution in [2.75, 3.05) is 41.9 Å². The predicted octanol–water partition coefficient (Wildman–Crippen LogP) is 1.83. The molecule has 172 valence electrons. The van der Waals surface area contributed by atoms with Crippen LogP contribution in [0.2, 0.25) is 0 Å². The normalized spacial score (nSPS) is 17.0. The Morgan fingerprint density at radius 2 is 2.03 bits per heavy atom. The second-order valence-corrected chi connectivity index (χ2v) is 7.65. The molecular weight excluding hydrogens is 509 g/mol. The molecule has 1 aromatic carbocycles.